The van der Waals surface area contributed by atoms with E-state index in [0.717, 1.165) is 0 Å². The van der Waals surface area contributed by atoms with E-state index in [-0.39, 0.29) is 36.3 Å². The Morgan fingerprint density at radius 1 is 0.875 bits per heavy atom. The summed E-state index contributed by atoms with van der Waals surface area (Å²) in [4.78, 5) is 44.5. The van der Waals surface area contributed by atoms with Crippen LogP contribution in [0.4, 0.5) is 4.79 Å². The average molecular weight is 343 g/mol. The summed E-state index contributed by atoms with van der Waals surface area (Å²) in [5.74, 6) is -2.09. The Kier molecular flexibility index (Phi) is 5.24. The lowest BCUT2D eigenvalue weighted by molar-refractivity contribution is -0.144. The molecule has 11 heteroatoms. The predicted molar refractivity (Wildman–Crippen MR) is 71.9 cm³/mol. The number of aryl methyl sites for hydroxylation is 2. The molecule has 2 heterocycles. The normalized spacial score (nSPS) is 10.4. The molecule has 2 rings (SSSR count). The zero-order valence-electron chi connectivity index (χ0n) is 12.7. The van der Waals surface area contributed by atoms with Crippen molar-refractivity contribution in [3.8, 4) is 0 Å². The van der Waals surface area contributed by atoms with Crippen LogP contribution in [-0.4, -0.2) is 18.6 Å². The first-order valence-corrected chi connectivity index (χ1v) is 6.60. The second-order valence-electron chi connectivity index (χ2n) is 4.46. The van der Waals surface area contributed by atoms with Gasteiger partial charge >= 0.3 is 23.7 Å². The zero-order valence-corrected chi connectivity index (χ0v) is 12.7. The number of nitrogens with one attached hydrogen (secondary N) is 1. The van der Waals surface area contributed by atoms with Gasteiger partial charge in [0.05, 0.1) is 0 Å². The summed E-state index contributed by atoms with van der Waals surface area (Å²) < 4.78 is 27.9. The van der Waals surface area contributed by atoms with Crippen molar-refractivity contribution in [3.63, 3.8) is 0 Å². The van der Waals surface area contributed by atoms with E-state index < -0.39 is 30.3 Å². The van der Waals surface area contributed by atoms with Crippen LogP contribution in [-0.2, 0) is 27.5 Å². The van der Waals surface area contributed by atoms with Crippen molar-refractivity contribution < 1.29 is 36.7 Å². The van der Waals surface area contributed by atoms with E-state index in [0.29, 0.717) is 0 Å². The van der Waals surface area contributed by atoms with E-state index in [1.165, 1.54) is 13.8 Å². The SMILES string of the molecule is Cc1oc(=O)oc1COC(=O)CNC(=O)OCc1oc(=O)oc1C. The molecule has 0 aromatic carbocycles. The van der Waals surface area contributed by atoms with Gasteiger partial charge in [-0.05, 0) is 13.8 Å². The minimum absolute atomic E-state index is 0.0585. The molecular formula is C13H13NO10. The summed E-state index contributed by atoms with van der Waals surface area (Å²) in [5, 5.41) is 2.13. The Morgan fingerprint density at radius 3 is 1.83 bits per heavy atom. The molecule has 130 valence electrons. The predicted octanol–water partition coefficient (Wildman–Crippen LogP) is 0.365. The second-order valence-corrected chi connectivity index (χ2v) is 4.46. The Bertz CT molecular complexity index is 765. The standard InChI is InChI=1S/C13H13NO10/c1-6-8(23-12(17)21-6)4-19-10(15)3-14-11(16)20-5-9-7(2)22-13(18)24-9/h3-5H2,1-2H3,(H,14,16). The number of carbonyl (C=O) groups excluding carboxylic acids is 2. The molecule has 0 atom stereocenters. The highest BCUT2D eigenvalue weighted by molar-refractivity contribution is 5.77. The van der Waals surface area contributed by atoms with E-state index in [9.17, 15) is 19.2 Å². The minimum atomic E-state index is -0.929. The Hall–Kier alpha value is -3.24. The molecule has 0 radical (unpaired) electrons. The fraction of sp³-hybridized carbons (Fsp3) is 0.385. The topological polar surface area (TPSA) is 151 Å². The molecule has 0 saturated heterocycles. The first kappa shape index (κ1) is 17.1. The zero-order chi connectivity index (χ0) is 17.7. The highest BCUT2D eigenvalue weighted by Crippen LogP contribution is 2.07. The van der Waals surface area contributed by atoms with E-state index in [4.69, 9.17) is 9.47 Å². The van der Waals surface area contributed by atoms with Crippen LogP contribution in [0.25, 0.3) is 0 Å². The summed E-state index contributed by atoms with van der Waals surface area (Å²) in [6, 6.07) is 0. The molecule has 0 unspecified atom stereocenters. The third kappa shape index (κ3) is 4.63. The molecule has 0 aliphatic rings. The van der Waals surface area contributed by atoms with Gasteiger partial charge in [0, 0.05) is 0 Å². The van der Waals surface area contributed by atoms with E-state index >= 15 is 0 Å². The fourth-order valence-corrected chi connectivity index (χ4v) is 1.54. The van der Waals surface area contributed by atoms with Crippen molar-refractivity contribution in [3.05, 3.63) is 44.3 Å². The summed E-state index contributed by atoms with van der Waals surface area (Å²) in [6.45, 7) is 1.81. The van der Waals surface area contributed by atoms with Gasteiger partial charge < -0.3 is 32.5 Å². The first-order valence-electron chi connectivity index (χ1n) is 6.60. The molecule has 1 amide bonds. The maximum absolute atomic E-state index is 11.5. The van der Waals surface area contributed by atoms with Gasteiger partial charge in [-0.15, -0.1) is 0 Å². The monoisotopic (exact) mass is 343 g/mol. The molecule has 11 nitrogen and oxygen atoms in total. The van der Waals surface area contributed by atoms with E-state index in [2.05, 4.69) is 23.0 Å². The molecule has 0 aliphatic carbocycles. The number of ether oxygens (including phenoxy) is 2. The average Bonchev–Trinajstić information content (AvgIpc) is 3.01. The lowest BCUT2D eigenvalue weighted by Gasteiger charge is -2.06. The molecular weight excluding hydrogens is 330 g/mol. The first-order chi connectivity index (χ1) is 11.3. The maximum atomic E-state index is 11.5. The highest BCUT2D eigenvalue weighted by atomic mass is 16.6. The minimum Gasteiger partial charge on any atom is -0.456 e. The lowest BCUT2D eigenvalue weighted by atomic mass is 10.4. The van der Waals surface area contributed by atoms with Crippen LogP contribution < -0.4 is 17.0 Å². The van der Waals surface area contributed by atoms with Gasteiger partial charge in [-0.3, -0.25) is 4.79 Å². The van der Waals surface area contributed by atoms with Gasteiger partial charge in [0.15, 0.2) is 36.3 Å². The molecule has 2 aromatic rings. The maximum Gasteiger partial charge on any atom is 0.519 e. The van der Waals surface area contributed by atoms with E-state index in [1.54, 1.807) is 0 Å². The van der Waals surface area contributed by atoms with Gasteiger partial charge in [-0.25, -0.2) is 14.4 Å². The number of rotatable bonds is 6. The molecule has 0 fully saturated rings. The van der Waals surface area contributed by atoms with Crippen LogP contribution >= 0.6 is 0 Å². The summed E-state index contributed by atoms with van der Waals surface area (Å²) in [7, 11) is 0. The Balaban J connectivity index is 1.70. The van der Waals surface area contributed by atoms with Crippen LogP contribution in [0.15, 0.2) is 27.3 Å². The Morgan fingerprint density at radius 2 is 1.38 bits per heavy atom. The van der Waals surface area contributed by atoms with Gasteiger partial charge in [0.25, 0.3) is 0 Å². The molecule has 24 heavy (non-hydrogen) atoms. The van der Waals surface area contributed by atoms with Crippen molar-refractivity contribution in [2.24, 2.45) is 0 Å². The van der Waals surface area contributed by atoms with Crippen molar-refractivity contribution in [1.82, 2.24) is 5.32 Å². The number of carbonyl (C=O) groups is 2. The van der Waals surface area contributed by atoms with Crippen LogP contribution in [0.1, 0.15) is 23.0 Å². The molecule has 0 saturated carbocycles. The lowest BCUT2D eigenvalue weighted by Crippen LogP contribution is -2.31. The van der Waals surface area contributed by atoms with Crippen LogP contribution in [0, 0.1) is 13.8 Å². The van der Waals surface area contributed by atoms with Crippen LogP contribution in [0.2, 0.25) is 0 Å². The summed E-state index contributed by atoms with van der Waals surface area (Å²) >= 11 is 0. The molecule has 0 spiro atoms. The Labute approximate surface area is 133 Å². The number of hydrogen-bond donors (Lipinski definition) is 1. The highest BCUT2D eigenvalue weighted by Gasteiger charge is 2.14. The summed E-state index contributed by atoms with van der Waals surface area (Å²) in [5.41, 5.74) is 0. The number of amides is 1. The number of alkyl carbamates (subject to hydrolysis) is 1. The molecule has 2 aromatic heterocycles. The van der Waals surface area contributed by atoms with Gasteiger partial charge in [0.1, 0.15) is 6.54 Å². The van der Waals surface area contributed by atoms with Gasteiger partial charge in [0.2, 0.25) is 0 Å². The number of hydrogen-bond acceptors (Lipinski definition) is 10. The summed E-state index contributed by atoms with van der Waals surface area (Å²) in [6.07, 6.45) is -0.929. The third-order valence-corrected chi connectivity index (χ3v) is 2.75. The third-order valence-electron chi connectivity index (χ3n) is 2.75. The van der Waals surface area contributed by atoms with Crippen molar-refractivity contribution in [1.29, 1.82) is 0 Å². The van der Waals surface area contributed by atoms with Gasteiger partial charge in [-0.1, -0.05) is 0 Å². The molecule has 1 N–H and O–H groups in total. The van der Waals surface area contributed by atoms with Crippen molar-refractivity contribution in [2.45, 2.75) is 27.1 Å². The van der Waals surface area contributed by atoms with Crippen LogP contribution in [0.5, 0.6) is 0 Å². The van der Waals surface area contributed by atoms with Crippen molar-refractivity contribution >= 4 is 12.1 Å². The van der Waals surface area contributed by atoms with E-state index in [1.807, 2.05) is 0 Å². The smallest absolute Gasteiger partial charge is 0.456 e. The molecule has 0 aliphatic heterocycles. The van der Waals surface area contributed by atoms with Gasteiger partial charge in [-0.2, -0.15) is 0 Å². The largest absolute Gasteiger partial charge is 0.519 e. The number of esters is 1. The second kappa shape index (κ2) is 7.35. The fourth-order valence-electron chi connectivity index (χ4n) is 1.54. The van der Waals surface area contributed by atoms with Crippen molar-refractivity contribution in [2.75, 3.05) is 6.54 Å². The van der Waals surface area contributed by atoms with Crippen LogP contribution in [0.3, 0.4) is 0 Å². The quantitative estimate of drug-likeness (QED) is 0.728. The molecule has 0 bridgehead atoms.